The van der Waals surface area contributed by atoms with Gasteiger partial charge >= 0.3 is 0 Å². The molecule has 0 saturated heterocycles. The molecule has 86 valence electrons. The Balaban J connectivity index is 3.13. The van der Waals surface area contributed by atoms with Crippen molar-refractivity contribution in [3.05, 3.63) is 45.4 Å². The summed E-state index contributed by atoms with van der Waals surface area (Å²) in [7, 11) is 0. The van der Waals surface area contributed by atoms with Crippen LogP contribution in [0.4, 0.5) is 4.39 Å². The summed E-state index contributed by atoms with van der Waals surface area (Å²) in [5.74, 6) is -1.52. The zero-order valence-corrected chi connectivity index (χ0v) is 8.98. The quantitative estimate of drug-likeness (QED) is 0.635. The average molecular weight is 225 g/mol. The van der Waals surface area contributed by atoms with Gasteiger partial charge in [0, 0.05) is 12.0 Å². The van der Waals surface area contributed by atoms with Gasteiger partial charge in [0.25, 0.3) is 0 Å². The highest BCUT2D eigenvalue weighted by Gasteiger charge is 2.15. The van der Waals surface area contributed by atoms with Gasteiger partial charge in [-0.25, -0.2) is 4.39 Å². The number of nitrogens with zero attached hydrogens (tertiary/aromatic N) is 1. The molecule has 0 atom stereocenters. The molecule has 1 aromatic rings. The fraction of sp³-hybridized carbons (Fsp3) is 0.273. The maximum atomic E-state index is 13.0. The van der Waals surface area contributed by atoms with Crippen molar-refractivity contribution < 1.29 is 14.4 Å². The van der Waals surface area contributed by atoms with E-state index in [0.717, 1.165) is 6.07 Å². The minimum Gasteiger partial charge on any atom is -0.505 e. The van der Waals surface area contributed by atoms with E-state index >= 15 is 0 Å². The van der Waals surface area contributed by atoms with Crippen molar-refractivity contribution in [2.75, 3.05) is 0 Å². The lowest BCUT2D eigenvalue weighted by Gasteiger charge is -2.02. The van der Waals surface area contributed by atoms with Gasteiger partial charge in [0.2, 0.25) is 5.70 Å². The normalized spacial score (nSPS) is 11.9. The molecule has 0 radical (unpaired) electrons. The van der Waals surface area contributed by atoms with Crippen LogP contribution >= 0.6 is 0 Å². The molecule has 0 aliphatic rings. The summed E-state index contributed by atoms with van der Waals surface area (Å²) in [4.78, 5) is 10.2. The summed E-state index contributed by atoms with van der Waals surface area (Å²) in [5.41, 5.74) is 0.362. The van der Waals surface area contributed by atoms with E-state index < -0.39 is 16.5 Å². The summed E-state index contributed by atoms with van der Waals surface area (Å²) in [5, 5.41) is 19.7. The average Bonchev–Trinajstić information content (AvgIpc) is 2.18. The fourth-order valence-corrected chi connectivity index (χ4v) is 1.21. The molecular formula is C11H12FNO3. The van der Waals surface area contributed by atoms with E-state index in [2.05, 4.69) is 0 Å². The number of benzene rings is 1. The van der Waals surface area contributed by atoms with Gasteiger partial charge < -0.3 is 5.11 Å². The Morgan fingerprint density at radius 3 is 2.62 bits per heavy atom. The lowest BCUT2D eigenvalue weighted by molar-refractivity contribution is -0.431. The highest BCUT2D eigenvalue weighted by atomic mass is 19.1. The van der Waals surface area contributed by atoms with Crippen molar-refractivity contribution >= 4 is 6.08 Å². The Bertz CT molecular complexity index is 441. The smallest absolute Gasteiger partial charge is 0.249 e. The summed E-state index contributed by atoms with van der Waals surface area (Å²) in [6.07, 6.45) is 1.30. The first-order chi connectivity index (χ1) is 7.41. The highest BCUT2D eigenvalue weighted by molar-refractivity contribution is 5.52. The van der Waals surface area contributed by atoms with Crippen LogP contribution in [0.5, 0.6) is 5.75 Å². The van der Waals surface area contributed by atoms with Crippen molar-refractivity contribution in [2.24, 2.45) is 5.92 Å². The van der Waals surface area contributed by atoms with Gasteiger partial charge in [-0.15, -0.1) is 0 Å². The zero-order valence-electron chi connectivity index (χ0n) is 8.98. The summed E-state index contributed by atoms with van der Waals surface area (Å²) in [6.45, 7) is 3.37. The van der Waals surface area contributed by atoms with Gasteiger partial charge in [-0.1, -0.05) is 19.9 Å². The molecule has 1 N–H and O–H groups in total. The van der Waals surface area contributed by atoms with Crippen LogP contribution in [0.3, 0.4) is 0 Å². The standard InChI is InChI=1S/C11H12FNO3/c1-7(2)10(13(15)16)6-8-3-4-11(14)9(12)5-8/h3-7,14H,1-2H3/b10-6-. The van der Waals surface area contributed by atoms with Crippen molar-refractivity contribution in [3.63, 3.8) is 0 Å². The molecule has 1 aromatic carbocycles. The molecule has 0 saturated carbocycles. The summed E-state index contributed by atoms with van der Waals surface area (Å²) in [6, 6.07) is 3.64. The molecule has 0 heterocycles. The van der Waals surface area contributed by atoms with Crippen LogP contribution in [0.15, 0.2) is 23.9 Å². The Morgan fingerprint density at radius 2 is 2.19 bits per heavy atom. The SMILES string of the molecule is CC(C)/C(=C/c1ccc(O)c(F)c1)[N+](=O)[O-]. The van der Waals surface area contributed by atoms with E-state index in [-0.39, 0.29) is 11.6 Å². The lowest BCUT2D eigenvalue weighted by atomic mass is 10.1. The van der Waals surface area contributed by atoms with Crippen LogP contribution in [-0.2, 0) is 0 Å². The maximum absolute atomic E-state index is 13.0. The van der Waals surface area contributed by atoms with Gasteiger partial charge in [0.1, 0.15) is 0 Å². The number of phenols is 1. The minimum atomic E-state index is -0.791. The second-order valence-electron chi connectivity index (χ2n) is 3.69. The Kier molecular flexibility index (Phi) is 3.60. The predicted molar refractivity (Wildman–Crippen MR) is 57.9 cm³/mol. The molecule has 0 unspecified atom stereocenters. The van der Waals surface area contributed by atoms with Crippen LogP contribution in [0.25, 0.3) is 6.08 Å². The molecule has 0 bridgehead atoms. The van der Waals surface area contributed by atoms with Crippen molar-refractivity contribution in [3.8, 4) is 5.75 Å². The van der Waals surface area contributed by atoms with E-state index in [1.807, 2.05) is 0 Å². The van der Waals surface area contributed by atoms with E-state index in [1.165, 1.54) is 18.2 Å². The van der Waals surface area contributed by atoms with Gasteiger partial charge in [0.05, 0.1) is 4.92 Å². The third kappa shape index (κ3) is 2.79. The number of allylic oxidation sites excluding steroid dienone is 1. The number of phenolic OH excluding ortho intramolecular Hbond substituents is 1. The first-order valence-corrected chi connectivity index (χ1v) is 4.76. The molecule has 16 heavy (non-hydrogen) atoms. The predicted octanol–water partition coefficient (Wildman–Crippen LogP) is 2.80. The van der Waals surface area contributed by atoms with Gasteiger partial charge in [-0.05, 0) is 17.7 Å². The number of hydrogen-bond donors (Lipinski definition) is 1. The molecule has 0 aliphatic carbocycles. The molecule has 4 nitrogen and oxygen atoms in total. The van der Waals surface area contributed by atoms with E-state index in [1.54, 1.807) is 13.8 Å². The monoisotopic (exact) mass is 225 g/mol. The number of halogens is 1. The Morgan fingerprint density at radius 1 is 1.56 bits per heavy atom. The van der Waals surface area contributed by atoms with Gasteiger partial charge in [0.15, 0.2) is 11.6 Å². The fourth-order valence-electron chi connectivity index (χ4n) is 1.21. The van der Waals surface area contributed by atoms with E-state index in [0.29, 0.717) is 5.56 Å². The van der Waals surface area contributed by atoms with Crippen LogP contribution < -0.4 is 0 Å². The largest absolute Gasteiger partial charge is 0.505 e. The molecule has 0 fully saturated rings. The zero-order chi connectivity index (χ0) is 12.3. The molecule has 5 heteroatoms. The number of nitro groups is 1. The van der Waals surface area contributed by atoms with Crippen molar-refractivity contribution in [1.29, 1.82) is 0 Å². The molecule has 1 rings (SSSR count). The topological polar surface area (TPSA) is 63.4 Å². The van der Waals surface area contributed by atoms with E-state index in [9.17, 15) is 14.5 Å². The Labute approximate surface area is 92.2 Å². The first kappa shape index (κ1) is 12.2. The molecule has 0 aromatic heterocycles. The minimum absolute atomic E-state index is 0.00471. The molecule has 0 spiro atoms. The molecular weight excluding hydrogens is 213 g/mol. The Hall–Kier alpha value is -1.91. The number of rotatable bonds is 3. The highest BCUT2D eigenvalue weighted by Crippen LogP contribution is 2.20. The number of hydrogen-bond acceptors (Lipinski definition) is 3. The van der Waals surface area contributed by atoms with Crippen molar-refractivity contribution in [1.82, 2.24) is 0 Å². The van der Waals surface area contributed by atoms with Crippen LogP contribution in [0, 0.1) is 21.8 Å². The third-order valence-corrected chi connectivity index (χ3v) is 2.09. The summed E-state index contributed by atoms with van der Waals surface area (Å²) >= 11 is 0. The second-order valence-corrected chi connectivity index (χ2v) is 3.69. The number of aromatic hydroxyl groups is 1. The maximum Gasteiger partial charge on any atom is 0.249 e. The second kappa shape index (κ2) is 4.74. The van der Waals surface area contributed by atoms with Gasteiger partial charge in [-0.3, -0.25) is 10.1 Å². The molecule has 0 amide bonds. The van der Waals surface area contributed by atoms with Crippen molar-refractivity contribution in [2.45, 2.75) is 13.8 Å². The third-order valence-electron chi connectivity index (χ3n) is 2.09. The molecule has 0 aliphatic heterocycles. The summed E-state index contributed by atoms with van der Waals surface area (Å²) < 4.78 is 13.0. The van der Waals surface area contributed by atoms with Crippen LogP contribution in [-0.4, -0.2) is 10.0 Å². The van der Waals surface area contributed by atoms with Crippen LogP contribution in [0.2, 0.25) is 0 Å². The van der Waals surface area contributed by atoms with Gasteiger partial charge in [-0.2, -0.15) is 0 Å². The first-order valence-electron chi connectivity index (χ1n) is 4.76. The lowest BCUT2D eigenvalue weighted by Crippen LogP contribution is -2.05. The van der Waals surface area contributed by atoms with E-state index in [4.69, 9.17) is 5.11 Å². The van der Waals surface area contributed by atoms with Crippen LogP contribution in [0.1, 0.15) is 19.4 Å².